The number of amides is 1. The molecule has 0 bridgehead atoms. The Morgan fingerprint density at radius 2 is 2.05 bits per heavy atom. The lowest BCUT2D eigenvalue weighted by Crippen LogP contribution is -2.30. The highest BCUT2D eigenvalue weighted by molar-refractivity contribution is 7.92. The minimum absolute atomic E-state index is 0.0665. The topological polar surface area (TPSA) is 101 Å². The molecule has 2 rings (SSSR count). The van der Waals surface area contributed by atoms with Crippen molar-refractivity contribution in [1.82, 2.24) is 0 Å². The molecule has 20 heavy (non-hydrogen) atoms. The van der Waals surface area contributed by atoms with Crippen LogP contribution < -0.4 is 15.8 Å². The van der Waals surface area contributed by atoms with Crippen LogP contribution in [-0.2, 0) is 14.8 Å². The van der Waals surface area contributed by atoms with Gasteiger partial charge in [0.05, 0.1) is 17.4 Å². The number of nitrogens with two attached hydrogens (primary N) is 1. The Hall–Kier alpha value is -1.60. The van der Waals surface area contributed by atoms with Crippen LogP contribution in [0.15, 0.2) is 18.2 Å². The summed E-state index contributed by atoms with van der Waals surface area (Å²) >= 11 is 0. The number of sulfonamides is 1. The molecular formula is C13H19N3O3S. The number of nitrogens with one attached hydrogen (secondary N) is 2. The summed E-state index contributed by atoms with van der Waals surface area (Å²) in [5, 5.41) is 2.83. The van der Waals surface area contributed by atoms with E-state index in [1.807, 2.05) is 0 Å². The molecule has 0 atom stereocenters. The maximum Gasteiger partial charge on any atom is 0.231 e. The zero-order chi connectivity index (χ0) is 15.0. The van der Waals surface area contributed by atoms with Crippen molar-refractivity contribution < 1.29 is 13.2 Å². The first-order chi connectivity index (χ1) is 9.26. The third-order valence-electron chi connectivity index (χ3n) is 3.51. The molecule has 1 aliphatic carbocycles. The van der Waals surface area contributed by atoms with Gasteiger partial charge in [0.15, 0.2) is 0 Å². The molecule has 1 aliphatic rings. The SMILES string of the molecule is Cc1cc(NC(=O)C2(CN)CC2)ccc1NS(C)(=O)=O. The Balaban J connectivity index is 2.11. The highest BCUT2D eigenvalue weighted by atomic mass is 32.2. The van der Waals surface area contributed by atoms with Crippen LogP contribution >= 0.6 is 0 Å². The van der Waals surface area contributed by atoms with Crippen LogP contribution in [-0.4, -0.2) is 27.1 Å². The molecule has 0 unspecified atom stereocenters. The van der Waals surface area contributed by atoms with Gasteiger partial charge in [0.25, 0.3) is 0 Å². The Morgan fingerprint density at radius 3 is 2.50 bits per heavy atom. The Morgan fingerprint density at radius 1 is 1.40 bits per heavy atom. The van der Waals surface area contributed by atoms with E-state index >= 15 is 0 Å². The van der Waals surface area contributed by atoms with Crippen molar-refractivity contribution in [2.75, 3.05) is 22.8 Å². The molecule has 0 spiro atoms. The van der Waals surface area contributed by atoms with Gasteiger partial charge in [-0.2, -0.15) is 0 Å². The molecular weight excluding hydrogens is 278 g/mol. The van der Waals surface area contributed by atoms with Crippen molar-refractivity contribution in [2.24, 2.45) is 11.1 Å². The van der Waals surface area contributed by atoms with Crippen LogP contribution in [0.3, 0.4) is 0 Å². The van der Waals surface area contributed by atoms with Crippen LogP contribution in [0, 0.1) is 12.3 Å². The van der Waals surface area contributed by atoms with Gasteiger partial charge in [-0.25, -0.2) is 8.42 Å². The molecule has 0 saturated heterocycles. The zero-order valence-electron chi connectivity index (χ0n) is 11.6. The quantitative estimate of drug-likeness (QED) is 0.756. The number of hydrogen-bond acceptors (Lipinski definition) is 4. The molecule has 0 heterocycles. The summed E-state index contributed by atoms with van der Waals surface area (Å²) in [6, 6.07) is 5.04. The summed E-state index contributed by atoms with van der Waals surface area (Å²) in [6.07, 6.45) is 2.74. The van der Waals surface area contributed by atoms with Gasteiger partial charge in [-0.05, 0) is 43.5 Å². The standard InChI is InChI=1S/C13H19N3O3S/c1-9-7-10(3-4-11(9)16-20(2,18)19)15-12(17)13(8-14)5-6-13/h3-4,7,16H,5-6,8,14H2,1-2H3,(H,15,17). The van der Waals surface area contributed by atoms with Crippen LogP contribution in [0.2, 0.25) is 0 Å². The fraction of sp³-hybridized carbons (Fsp3) is 0.462. The molecule has 1 aromatic rings. The monoisotopic (exact) mass is 297 g/mol. The van der Waals surface area contributed by atoms with Gasteiger partial charge in [-0.3, -0.25) is 9.52 Å². The van der Waals surface area contributed by atoms with Crippen LogP contribution in [0.4, 0.5) is 11.4 Å². The fourth-order valence-corrected chi connectivity index (χ4v) is 2.62. The maximum absolute atomic E-state index is 12.1. The second-order valence-electron chi connectivity index (χ2n) is 5.34. The minimum Gasteiger partial charge on any atom is -0.329 e. The van der Waals surface area contributed by atoms with Gasteiger partial charge in [0.2, 0.25) is 15.9 Å². The summed E-state index contributed by atoms with van der Waals surface area (Å²) < 4.78 is 24.8. The van der Waals surface area contributed by atoms with Gasteiger partial charge < -0.3 is 11.1 Å². The summed E-state index contributed by atoms with van der Waals surface area (Å²) in [6.45, 7) is 2.13. The van der Waals surface area contributed by atoms with Gasteiger partial charge in [0.1, 0.15) is 0 Å². The van der Waals surface area contributed by atoms with Crippen LogP contribution in [0.5, 0.6) is 0 Å². The van der Waals surface area contributed by atoms with Crippen molar-refractivity contribution in [3.63, 3.8) is 0 Å². The number of carbonyl (C=O) groups is 1. The Bertz CT molecular complexity index is 636. The molecule has 1 aromatic carbocycles. The number of anilines is 2. The second kappa shape index (κ2) is 5.06. The van der Waals surface area contributed by atoms with E-state index in [1.165, 1.54) is 0 Å². The van der Waals surface area contributed by atoms with Crippen LogP contribution in [0.1, 0.15) is 18.4 Å². The van der Waals surface area contributed by atoms with Crippen LogP contribution in [0.25, 0.3) is 0 Å². The smallest absolute Gasteiger partial charge is 0.231 e. The van der Waals surface area contributed by atoms with Gasteiger partial charge in [-0.15, -0.1) is 0 Å². The summed E-state index contributed by atoms with van der Waals surface area (Å²) in [5.74, 6) is -0.0665. The third kappa shape index (κ3) is 3.29. The average molecular weight is 297 g/mol. The first-order valence-electron chi connectivity index (χ1n) is 6.36. The van der Waals surface area contributed by atoms with E-state index in [4.69, 9.17) is 5.73 Å². The molecule has 1 amide bonds. The van der Waals surface area contributed by atoms with E-state index in [0.717, 1.165) is 24.7 Å². The average Bonchev–Trinajstić information content (AvgIpc) is 3.12. The zero-order valence-corrected chi connectivity index (χ0v) is 12.4. The number of benzene rings is 1. The van der Waals surface area contributed by atoms with Crippen molar-refractivity contribution >= 4 is 27.3 Å². The van der Waals surface area contributed by atoms with Crippen molar-refractivity contribution in [3.8, 4) is 0 Å². The predicted molar refractivity (Wildman–Crippen MR) is 79.0 cm³/mol. The number of hydrogen-bond donors (Lipinski definition) is 3. The van der Waals surface area contributed by atoms with E-state index in [-0.39, 0.29) is 5.91 Å². The molecule has 4 N–H and O–H groups in total. The Kier molecular flexibility index (Phi) is 3.75. The minimum atomic E-state index is -3.31. The molecule has 1 saturated carbocycles. The number of carbonyl (C=O) groups excluding carboxylic acids is 1. The van der Waals surface area contributed by atoms with Crippen molar-refractivity contribution in [3.05, 3.63) is 23.8 Å². The summed E-state index contributed by atoms with van der Waals surface area (Å²) in [5.41, 5.74) is 7.10. The summed E-state index contributed by atoms with van der Waals surface area (Å²) in [4.78, 5) is 12.1. The Labute approximate surface area is 118 Å². The third-order valence-corrected chi connectivity index (χ3v) is 4.10. The van der Waals surface area contributed by atoms with E-state index < -0.39 is 15.4 Å². The lowest BCUT2D eigenvalue weighted by molar-refractivity contribution is -0.120. The highest BCUT2D eigenvalue weighted by Gasteiger charge is 2.48. The molecule has 0 radical (unpaired) electrons. The molecule has 7 heteroatoms. The first-order valence-corrected chi connectivity index (χ1v) is 8.25. The van der Waals surface area contributed by atoms with E-state index in [1.54, 1.807) is 25.1 Å². The maximum atomic E-state index is 12.1. The van der Waals surface area contributed by atoms with Crippen molar-refractivity contribution in [1.29, 1.82) is 0 Å². The summed E-state index contributed by atoms with van der Waals surface area (Å²) in [7, 11) is -3.31. The first kappa shape index (κ1) is 14.8. The van der Waals surface area contributed by atoms with Gasteiger partial charge >= 0.3 is 0 Å². The molecule has 6 nitrogen and oxygen atoms in total. The predicted octanol–water partition coefficient (Wildman–Crippen LogP) is 1.04. The van der Waals surface area contributed by atoms with Gasteiger partial charge in [-0.1, -0.05) is 0 Å². The second-order valence-corrected chi connectivity index (χ2v) is 7.09. The van der Waals surface area contributed by atoms with Crippen molar-refractivity contribution in [2.45, 2.75) is 19.8 Å². The van der Waals surface area contributed by atoms with E-state index in [2.05, 4.69) is 10.0 Å². The lowest BCUT2D eigenvalue weighted by atomic mass is 10.1. The molecule has 110 valence electrons. The highest BCUT2D eigenvalue weighted by Crippen LogP contribution is 2.45. The van der Waals surface area contributed by atoms with Gasteiger partial charge in [0, 0.05) is 12.2 Å². The molecule has 1 fully saturated rings. The van der Waals surface area contributed by atoms with E-state index in [0.29, 0.717) is 17.9 Å². The molecule has 0 aliphatic heterocycles. The molecule has 0 aromatic heterocycles. The number of rotatable bonds is 5. The van der Waals surface area contributed by atoms with E-state index in [9.17, 15) is 13.2 Å². The normalized spacial score (nSPS) is 16.6. The fourth-order valence-electron chi connectivity index (χ4n) is 1.99. The largest absolute Gasteiger partial charge is 0.329 e. The lowest BCUT2D eigenvalue weighted by Gasteiger charge is -2.14. The number of aryl methyl sites for hydroxylation is 1.